The highest BCUT2D eigenvalue weighted by atomic mass is 16.5. The van der Waals surface area contributed by atoms with Crippen molar-refractivity contribution < 1.29 is 25.3 Å². The Labute approximate surface area is 107 Å². The normalized spacial score (nSPS) is 11.1. The molecule has 1 amide bonds. The first-order chi connectivity index (χ1) is 7.83. The van der Waals surface area contributed by atoms with Crippen molar-refractivity contribution in [3.05, 3.63) is 30.3 Å². The molecule has 0 atom stereocenters. The number of hydrogen-bond acceptors (Lipinski definition) is 3. The van der Waals surface area contributed by atoms with Gasteiger partial charge in [-0.2, -0.15) is 0 Å². The number of rotatable bonds is 1. The van der Waals surface area contributed by atoms with Crippen LogP contribution in [0.1, 0.15) is 12.8 Å². The van der Waals surface area contributed by atoms with Gasteiger partial charge in [-0.15, -0.1) is 0 Å². The first-order valence-corrected chi connectivity index (χ1v) is 4.97. The fourth-order valence-corrected chi connectivity index (χ4v) is 1.12. The Morgan fingerprint density at radius 3 is 1.94 bits per heavy atom. The van der Waals surface area contributed by atoms with Crippen LogP contribution >= 0.6 is 0 Å². The summed E-state index contributed by atoms with van der Waals surface area (Å²) in [5.74, 6) is 1.11. The number of carbonyl (C=O) groups excluding carboxylic acids is 2. The van der Waals surface area contributed by atoms with E-state index >= 15 is 0 Å². The summed E-state index contributed by atoms with van der Waals surface area (Å²) >= 11 is 0. The van der Waals surface area contributed by atoms with E-state index in [0.717, 1.165) is 25.1 Å². The molecule has 6 heteroatoms. The predicted octanol–water partition coefficient (Wildman–Crippen LogP) is -0.243. The van der Waals surface area contributed by atoms with Crippen molar-refractivity contribution in [2.45, 2.75) is 12.8 Å². The lowest BCUT2D eigenvalue weighted by atomic mass is 10.3. The molecule has 0 saturated carbocycles. The van der Waals surface area contributed by atoms with Crippen LogP contribution in [0.2, 0.25) is 0 Å². The van der Waals surface area contributed by atoms with Crippen molar-refractivity contribution >= 4 is 12.7 Å². The Morgan fingerprint density at radius 2 is 1.72 bits per heavy atom. The molecular weight excluding hydrogens is 238 g/mol. The first kappa shape index (κ1) is 21.4. The second-order valence-corrected chi connectivity index (χ2v) is 2.97. The van der Waals surface area contributed by atoms with E-state index in [-0.39, 0.29) is 16.9 Å². The lowest BCUT2D eigenvalue weighted by Crippen LogP contribution is -2.12. The molecule has 1 aliphatic heterocycles. The third-order valence-electron chi connectivity index (χ3n) is 1.88. The number of amides is 1. The van der Waals surface area contributed by atoms with Crippen molar-refractivity contribution in [2.24, 2.45) is 0 Å². The quantitative estimate of drug-likeness (QED) is 0.749. The molecule has 1 aliphatic rings. The lowest BCUT2D eigenvalue weighted by Gasteiger charge is -1.93. The molecule has 6 nitrogen and oxygen atoms in total. The molecule has 104 valence electrons. The Bertz CT molecular complexity index is 284. The molecule has 1 fully saturated rings. The molecule has 1 heterocycles. The topological polar surface area (TPSA) is 118 Å². The van der Waals surface area contributed by atoms with E-state index in [9.17, 15) is 4.79 Å². The summed E-state index contributed by atoms with van der Waals surface area (Å²) in [7, 11) is 1.66. The lowest BCUT2D eigenvalue weighted by molar-refractivity contribution is -0.119. The molecular formula is C12H21NO5. The summed E-state index contributed by atoms with van der Waals surface area (Å²) in [5, 5.41) is 2.68. The Balaban J connectivity index is -0.000000204. The zero-order valence-corrected chi connectivity index (χ0v) is 10.4. The molecule has 0 aromatic heterocycles. The van der Waals surface area contributed by atoms with Gasteiger partial charge in [0.2, 0.25) is 5.91 Å². The number of ether oxygens (including phenoxy) is 1. The van der Waals surface area contributed by atoms with Gasteiger partial charge in [0.25, 0.3) is 0 Å². The number of para-hydroxylation sites is 1. The minimum atomic E-state index is 0. The Kier molecular flexibility index (Phi) is 17.9. The molecule has 0 radical (unpaired) electrons. The van der Waals surface area contributed by atoms with Crippen LogP contribution in [0.25, 0.3) is 0 Å². The maximum Gasteiger partial charge on any atom is 0.220 e. The second-order valence-electron chi connectivity index (χ2n) is 2.97. The number of methoxy groups -OCH3 is 1. The summed E-state index contributed by atoms with van der Waals surface area (Å²) in [6, 6.07) is 9.68. The molecule has 0 unspecified atom stereocenters. The smallest absolute Gasteiger partial charge is 0.220 e. The van der Waals surface area contributed by atoms with Crippen molar-refractivity contribution in [1.82, 2.24) is 5.32 Å². The number of benzene rings is 1. The van der Waals surface area contributed by atoms with E-state index in [2.05, 4.69) is 5.32 Å². The largest absolute Gasteiger partial charge is 0.497 e. The maximum atomic E-state index is 10.1. The number of carbonyl (C=O) groups is 2. The van der Waals surface area contributed by atoms with Gasteiger partial charge in [0, 0.05) is 13.0 Å². The standard InChI is InChI=1S/C7H8O.C4H7NO.CH2O.2H2O/c1-8-7-5-3-2-4-6-7;6-4-2-1-3-5-4;1-2;;/h2-6H,1H3;1-3H2,(H,5,6);1H2;2*1H2. The summed E-state index contributed by atoms with van der Waals surface area (Å²) in [6.07, 6.45) is 1.76. The Morgan fingerprint density at radius 1 is 1.17 bits per heavy atom. The van der Waals surface area contributed by atoms with Gasteiger partial charge in [-0.25, -0.2) is 0 Å². The summed E-state index contributed by atoms with van der Waals surface area (Å²) < 4.78 is 4.91. The highest BCUT2D eigenvalue weighted by molar-refractivity contribution is 5.77. The number of nitrogens with one attached hydrogen (secondary N) is 1. The highest BCUT2D eigenvalue weighted by Gasteiger charge is 2.05. The molecule has 1 saturated heterocycles. The summed E-state index contributed by atoms with van der Waals surface area (Å²) in [4.78, 5) is 18.1. The number of hydrogen-bond donors (Lipinski definition) is 1. The van der Waals surface area contributed by atoms with E-state index < -0.39 is 0 Å². The van der Waals surface area contributed by atoms with Gasteiger partial charge < -0.3 is 25.8 Å². The van der Waals surface area contributed by atoms with Crippen LogP contribution in [0.15, 0.2) is 30.3 Å². The van der Waals surface area contributed by atoms with E-state index in [4.69, 9.17) is 9.53 Å². The SMILES string of the molecule is C=O.COc1ccccc1.O.O.O=C1CCCN1. The van der Waals surface area contributed by atoms with Crippen molar-refractivity contribution in [2.75, 3.05) is 13.7 Å². The first-order valence-electron chi connectivity index (χ1n) is 4.97. The van der Waals surface area contributed by atoms with Crippen LogP contribution in [0.4, 0.5) is 0 Å². The molecule has 5 N–H and O–H groups in total. The molecule has 2 rings (SSSR count). The maximum absolute atomic E-state index is 10.1. The minimum absolute atomic E-state index is 0. The van der Waals surface area contributed by atoms with Crippen LogP contribution in [0.3, 0.4) is 0 Å². The zero-order chi connectivity index (χ0) is 12.2. The minimum Gasteiger partial charge on any atom is -0.497 e. The Hall–Kier alpha value is -1.92. The van der Waals surface area contributed by atoms with Crippen molar-refractivity contribution in [3.63, 3.8) is 0 Å². The van der Waals surface area contributed by atoms with E-state index in [1.807, 2.05) is 37.1 Å². The average Bonchev–Trinajstić information content (AvgIpc) is 2.85. The van der Waals surface area contributed by atoms with Gasteiger partial charge in [-0.3, -0.25) is 4.79 Å². The van der Waals surface area contributed by atoms with Gasteiger partial charge in [0.1, 0.15) is 12.5 Å². The van der Waals surface area contributed by atoms with Gasteiger partial charge >= 0.3 is 0 Å². The second kappa shape index (κ2) is 15.1. The third kappa shape index (κ3) is 10.6. The fourth-order valence-electron chi connectivity index (χ4n) is 1.12. The average molecular weight is 259 g/mol. The van der Waals surface area contributed by atoms with E-state index in [1.54, 1.807) is 7.11 Å². The van der Waals surface area contributed by atoms with E-state index in [1.165, 1.54) is 0 Å². The van der Waals surface area contributed by atoms with Crippen molar-refractivity contribution in [3.8, 4) is 5.75 Å². The summed E-state index contributed by atoms with van der Waals surface area (Å²) in [5.41, 5.74) is 0. The zero-order valence-electron chi connectivity index (χ0n) is 10.4. The van der Waals surface area contributed by atoms with Crippen LogP contribution in [-0.2, 0) is 9.59 Å². The fraction of sp³-hybridized carbons (Fsp3) is 0.333. The van der Waals surface area contributed by atoms with Crippen LogP contribution < -0.4 is 10.1 Å². The third-order valence-corrected chi connectivity index (χ3v) is 1.88. The monoisotopic (exact) mass is 259 g/mol. The van der Waals surface area contributed by atoms with Crippen molar-refractivity contribution in [1.29, 1.82) is 0 Å². The van der Waals surface area contributed by atoms with Gasteiger partial charge in [-0.05, 0) is 18.6 Å². The molecule has 0 aliphatic carbocycles. The molecule has 1 aromatic rings. The van der Waals surface area contributed by atoms with Crippen LogP contribution in [-0.4, -0.2) is 37.3 Å². The molecule has 18 heavy (non-hydrogen) atoms. The molecule has 0 bridgehead atoms. The van der Waals surface area contributed by atoms with Gasteiger partial charge in [0.15, 0.2) is 0 Å². The van der Waals surface area contributed by atoms with E-state index in [0.29, 0.717) is 0 Å². The summed E-state index contributed by atoms with van der Waals surface area (Å²) in [6.45, 7) is 2.89. The predicted molar refractivity (Wildman–Crippen MR) is 69.6 cm³/mol. The highest BCUT2D eigenvalue weighted by Crippen LogP contribution is 2.05. The van der Waals surface area contributed by atoms with Crippen LogP contribution in [0.5, 0.6) is 5.75 Å². The molecule has 1 aromatic carbocycles. The van der Waals surface area contributed by atoms with Gasteiger partial charge in [0.05, 0.1) is 7.11 Å². The van der Waals surface area contributed by atoms with Gasteiger partial charge in [-0.1, -0.05) is 18.2 Å². The molecule has 0 spiro atoms. The van der Waals surface area contributed by atoms with Crippen LogP contribution in [0, 0.1) is 0 Å².